The highest BCUT2D eigenvalue weighted by molar-refractivity contribution is 5.37. The highest BCUT2D eigenvalue weighted by Gasteiger charge is 2.22. The van der Waals surface area contributed by atoms with Crippen LogP contribution in [0.5, 0.6) is 0 Å². The SMILES string of the molecule is Cc1ccc(N(C)C2CCN(CCN)CC2)nn1. The predicted molar refractivity (Wildman–Crippen MR) is 73.7 cm³/mol. The molecule has 1 aliphatic rings. The number of hydrogen-bond donors (Lipinski definition) is 1. The van der Waals surface area contributed by atoms with Gasteiger partial charge in [-0.3, -0.25) is 0 Å². The van der Waals surface area contributed by atoms with Crippen LogP contribution in [0, 0.1) is 6.92 Å². The third kappa shape index (κ3) is 3.17. The fourth-order valence-electron chi connectivity index (χ4n) is 2.48. The Morgan fingerprint density at radius 3 is 2.61 bits per heavy atom. The summed E-state index contributed by atoms with van der Waals surface area (Å²) in [7, 11) is 2.11. The first-order valence-corrected chi connectivity index (χ1v) is 6.66. The van der Waals surface area contributed by atoms with Gasteiger partial charge >= 0.3 is 0 Å². The Labute approximate surface area is 109 Å². The summed E-state index contributed by atoms with van der Waals surface area (Å²) in [6.45, 7) is 5.99. The summed E-state index contributed by atoms with van der Waals surface area (Å²) < 4.78 is 0. The molecule has 1 saturated heterocycles. The summed E-state index contributed by atoms with van der Waals surface area (Å²) in [6, 6.07) is 4.63. The van der Waals surface area contributed by atoms with Gasteiger partial charge in [-0.1, -0.05) is 0 Å². The van der Waals surface area contributed by atoms with Crippen molar-refractivity contribution in [2.75, 3.05) is 38.1 Å². The lowest BCUT2D eigenvalue weighted by Gasteiger charge is -2.36. The number of aryl methyl sites for hydroxylation is 1. The topological polar surface area (TPSA) is 58.3 Å². The fraction of sp³-hybridized carbons (Fsp3) is 0.692. The molecular weight excluding hydrogens is 226 g/mol. The van der Waals surface area contributed by atoms with Crippen molar-refractivity contribution in [2.24, 2.45) is 5.73 Å². The Hall–Kier alpha value is -1.20. The van der Waals surface area contributed by atoms with Gasteiger partial charge < -0.3 is 15.5 Å². The number of nitrogens with two attached hydrogens (primary N) is 1. The maximum Gasteiger partial charge on any atom is 0.151 e. The van der Waals surface area contributed by atoms with Gasteiger partial charge in [0.05, 0.1) is 5.69 Å². The van der Waals surface area contributed by atoms with Crippen molar-refractivity contribution in [1.29, 1.82) is 0 Å². The molecule has 0 atom stereocenters. The van der Waals surface area contributed by atoms with E-state index in [1.165, 1.54) is 12.8 Å². The molecule has 1 aliphatic heterocycles. The number of aromatic nitrogens is 2. The molecule has 2 heterocycles. The molecule has 0 aliphatic carbocycles. The first kappa shape index (κ1) is 13.2. The van der Waals surface area contributed by atoms with Gasteiger partial charge in [0.1, 0.15) is 0 Å². The first-order chi connectivity index (χ1) is 8.70. The zero-order valence-electron chi connectivity index (χ0n) is 11.3. The van der Waals surface area contributed by atoms with Gasteiger partial charge in [0.25, 0.3) is 0 Å². The van der Waals surface area contributed by atoms with Crippen LogP contribution in [0.4, 0.5) is 5.82 Å². The fourth-order valence-corrected chi connectivity index (χ4v) is 2.48. The highest BCUT2D eigenvalue weighted by atomic mass is 15.3. The lowest BCUT2D eigenvalue weighted by atomic mass is 10.0. The van der Waals surface area contributed by atoms with E-state index in [1.54, 1.807) is 0 Å². The third-order valence-electron chi connectivity index (χ3n) is 3.70. The number of anilines is 1. The van der Waals surface area contributed by atoms with E-state index < -0.39 is 0 Å². The van der Waals surface area contributed by atoms with Gasteiger partial charge in [-0.05, 0) is 31.9 Å². The predicted octanol–water partition coefficient (Wildman–Crippen LogP) is 0.644. The minimum atomic E-state index is 0.566. The van der Waals surface area contributed by atoms with Crippen LogP contribution in [0.3, 0.4) is 0 Å². The molecule has 5 heteroatoms. The summed E-state index contributed by atoms with van der Waals surface area (Å²) in [5, 5.41) is 8.37. The molecule has 1 fully saturated rings. The molecule has 0 bridgehead atoms. The van der Waals surface area contributed by atoms with Crippen LogP contribution < -0.4 is 10.6 Å². The van der Waals surface area contributed by atoms with Crippen LogP contribution in [-0.4, -0.2) is 54.4 Å². The van der Waals surface area contributed by atoms with Crippen molar-refractivity contribution in [3.63, 3.8) is 0 Å². The summed E-state index contributed by atoms with van der Waals surface area (Å²) in [5.74, 6) is 0.970. The normalized spacial score (nSPS) is 17.9. The molecule has 0 aromatic carbocycles. The molecule has 0 spiro atoms. The molecule has 2 rings (SSSR count). The quantitative estimate of drug-likeness (QED) is 0.849. The van der Waals surface area contributed by atoms with E-state index >= 15 is 0 Å². The number of hydrogen-bond acceptors (Lipinski definition) is 5. The lowest BCUT2D eigenvalue weighted by molar-refractivity contribution is 0.216. The monoisotopic (exact) mass is 249 g/mol. The van der Waals surface area contributed by atoms with E-state index in [2.05, 4.69) is 33.1 Å². The lowest BCUT2D eigenvalue weighted by Crippen LogP contribution is -2.45. The van der Waals surface area contributed by atoms with E-state index in [9.17, 15) is 0 Å². The molecule has 100 valence electrons. The smallest absolute Gasteiger partial charge is 0.151 e. The third-order valence-corrected chi connectivity index (χ3v) is 3.70. The Bertz CT molecular complexity index is 356. The van der Waals surface area contributed by atoms with E-state index in [-0.39, 0.29) is 0 Å². The van der Waals surface area contributed by atoms with Crippen LogP contribution in [-0.2, 0) is 0 Å². The number of piperidine rings is 1. The number of rotatable bonds is 4. The van der Waals surface area contributed by atoms with Gasteiger partial charge in [0, 0.05) is 39.3 Å². The minimum Gasteiger partial charge on any atom is -0.355 e. The molecule has 0 saturated carbocycles. The van der Waals surface area contributed by atoms with Crippen molar-refractivity contribution in [3.8, 4) is 0 Å². The van der Waals surface area contributed by atoms with Crippen molar-refractivity contribution >= 4 is 5.82 Å². The van der Waals surface area contributed by atoms with Gasteiger partial charge in [0.2, 0.25) is 0 Å². The van der Waals surface area contributed by atoms with E-state index in [0.717, 1.165) is 37.7 Å². The molecule has 18 heavy (non-hydrogen) atoms. The molecule has 0 radical (unpaired) electrons. The van der Waals surface area contributed by atoms with Crippen LogP contribution in [0.1, 0.15) is 18.5 Å². The van der Waals surface area contributed by atoms with Crippen LogP contribution in [0.2, 0.25) is 0 Å². The average Bonchev–Trinajstić information content (AvgIpc) is 2.40. The second-order valence-corrected chi connectivity index (χ2v) is 5.01. The van der Waals surface area contributed by atoms with Crippen molar-refractivity contribution in [3.05, 3.63) is 17.8 Å². The largest absolute Gasteiger partial charge is 0.355 e. The first-order valence-electron chi connectivity index (χ1n) is 6.66. The second kappa shape index (κ2) is 6.11. The van der Waals surface area contributed by atoms with Gasteiger partial charge in [-0.15, -0.1) is 5.10 Å². The summed E-state index contributed by atoms with van der Waals surface area (Å²) >= 11 is 0. The Morgan fingerprint density at radius 1 is 1.33 bits per heavy atom. The van der Waals surface area contributed by atoms with Gasteiger partial charge in [0.15, 0.2) is 5.82 Å². The van der Waals surface area contributed by atoms with Crippen LogP contribution in [0.25, 0.3) is 0 Å². The van der Waals surface area contributed by atoms with Crippen molar-refractivity contribution in [1.82, 2.24) is 15.1 Å². The number of likely N-dealkylation sites (tertiary alicyclic amines) is 1. The van der Waals surface area contributed by atoms with Gasteiger partial charge in [-0.2, -0.15) is 5.10 Å². The molecule has 2 N–H and O–H groups in total. The zero-order chi connectivity index (χ0) is 13.0. The Morgan fingerprint density at radius 2 is 2.06 bits per heavy atom. The molecule has 5 nitrogen and oxygen atoms in total. The van der Waals surface area contributed by atoms with E-state index in [4.69, 9.17) is 5.73 Å². The summed E-state index contributed by atoms with van der Waals surface area (Å²) in [4.78, 5) is 4.69. The summed E-state index contributed by atoms with van der Waals surface area (Å²) in [6.07, 6.45) is 2.35. The molecule has 1 aromatic heterocycles. The molecule has 0 unspecified atom stereocenters. The maximum absolute atomic E-state index is 5.59. The van der Waals surface area contributed by atoms with E-state index in [0.29, 0.717) is 6.04 Å². The van der Waals surface area contributed by atoms with Crippen LogP contribution in [0.15, 0.2) is 12.1 Å². The highest BCUT2D eigenvalue weighted by Crippen LogP contribution is 2.19. The van der Waals surface area contributed by atoms with Crippen LogP contribution >= 0.6 is 0 Å². The van der Waals surface area contributed by atoms with Crippen molar-refractivity contribution < 1.29 is 0 Å². The Kier molecular flexibility index (Phi) is 4.49. The molecular formula is C13H23N5. The Balaban J connectivity index is 1.91. The second-order valence-electron chi connectivity index (χ2n) is 5.01. The maximum atomic E-state index is 5.59. The number of nitrogens with zero attached hydrogens (tertiary/aromatic N) is 4. The molecule has 1 aromatic rings. The van der Waals surface area contributed by atoms with E-state index in [1.807, 2.05) is 13.0 Å². The van der Waals surface area contributed by atoms with Crippen molar-refractivity contribution in [2.45, 2.75) is 25.8 Å². The summed E-state index contributed by atoms with van der Waals surface area (Å²) in [5.41, 5.74) is 6.55. The standard InChI is InChI=1S/C13H23N5/c1-11-3-4-13(16-15-11)17(2)12-5-8-18(9-6-12)10-7-14/h3-4,12H,5-10,14H2,1-2H3. The average molecular weight is 249 g/mol. The zero-order valence-corrected chi connectivity index (χ0v) is 11.3. The minimum absolute atomic E-state index is 0.566. The van der Waals surface area contributed by atoms with Gasteiger partial charge in [-0.25, -0.2) is 0 Å². The molecule has 0 amide bonds.